The fourth-order valence-electron chi connectivity index (χ4n) is 3.37. The van der Waals surface area contributed by atoms with E-state index in [0.29, 0.717) is 33.0 Å². The number of rotatable bonds is 6. The van der Waals surface area contributed by atoms with Gasteiger partial charge in [0.2, 0.25) is 0 Å². The number of carbonyl (C=O) groups excluding carboxylic acids is 2. The van der Waals surface area contributed by atoms with Crippen LogP contribution >= 0.6 is 0 Å². The molecule has 0 atom stereocenters. The first kappa shape index (κ1) is 21.4. The highest BCUT2D eigenvalue weighted by Crippen LogP contribution is 2.44. The first-order chi connectivity index (χ1) is 14.5. The van der Waals surface area contributed by atoms with Gasteiger partial charge in [0.05, 0.1) is 13.2 Å². The van der Waals surface area contributed by atoms with Crippen molar-refractivity contribution < 1.29 is 28.5 Å². The Morgan fingerprint density at radius 2 is 1.03 bits per heavy atom. The Hall–Kier alpha value is -3.28. The van der Waals surface area contributed by atoms with Crippen LogP contribution in [0.5, 0.6) is 11.5 Å². The van der Waals surface area contributed by atoms with Crippen molar-refractivity contribution in [2.24, 2.45) is 0 Å². The molecule has 0 saturated carbocycles. The Labute approximate surface area is 175 Å². The van der Waals surface area contributed by atoms with E-state index in [0.717, 1.165) is 24.0 Å². The Kier molecular flexibility index (Phi) is 6.77. The normalized spacial score (nSPS) is 10.8. The molecule has 0 bridgehead atoms. The van der Waals surface area contributed by atoms with E-state index in [-0.39, 0.29) is 13.2 Å². The van der Waals surface area contributed by atoms with Gasteiger partial charge in [-0.2, -0.15) is 0 Å². The van der Waals surface area contributed by atoms with Crippen molar-refractivity contribution in [3.05, 3.63) is 47.5 Å². The van der Waals surface area contributed by atoms with Crippen LogP contribution in [0.2, 0.25) is 0 Å². The summed E-state index contributed by atoms with van der Waals surface area (Å²) >= 11 is 0. The molecule has 0 aliphatic rings. The van der Waals surface area contributed by atoms with Gasteiger partial charge in [-0.15, -0.1) is 0 Å². The lowest BCUT2D eigenvalue weighted by Crippen LogP contribution is -2.13. The third-order valence-electron chi connectivity index (χ3n) is 4.86. The van der Waals surface area contributed by atoms with Gasteiger partial charge in [0.1, 0.15) is 11.5 Å². The Balaban J connectivity index is 2.35. The molecule has 0 spiro atoms. The van der Waals surface area contributed by atoms with E-state index in [2.05, 4.69) is 0 Å². The average Bonchev–Trinajstić information content (AvgIpc) is 2.75. The van der Waals surface area contributed by atoms with Crippen LogP contribution in [0, 0.1) is 0 Å². The lowest BCUT2D eigenvalue weighted by molar-refractivity contribution is 0.103. The van der Waals surface area contributed by atoms with Crippen molar-refractivity contribution in [1.82, 2.24) is 0 Å². The highest BCUT2D eigenvalue weighted by molar-refractivity contribution is 6.12. The van der Waals surface area contributed by atoms with Gasteiger partial charge < -0.3 is 18.9 Å². The summed E-state index contributed by atoms with van der Waals surface area (Å²) in [4.78, 5) is 24.4. The molecule has 3 aromatic rings. The van der Waals surface area contributed by atoms with Gasteiger partial charge in [-0.25, -0.2) is 9.59 Å². The molecular weight excluding hydrogens is 384 g/mol. The van der Waals surface area contributed by atoms with Crippen molar-refractivity contribution >= 4 is 33.9 Å². The second kappa shape index (κ2) is 9.48. The third-order valence-corrected chi connectivity index (χ3v) is 4.86. The number of hydrogen-bond donors (Lipinski definition) is 0. The van der Waals surface area contributed by atoms with Crippen LogP contribution in [-0.2, 0) is 22.3 Å². The minimum absolute atomic E-state index is 0.207. The van der Waals surface area contributed by atoms with E-state index in [1.165, 1.54) is 0 Å². The predicted molar refractivity (Wildman–Crippen MR) is 116 cm³/mol. The summed E-state index contributed by atoms with van der Waals surface area (Å²) in [6.07, 6.45) is 0.0481. The molecule has 0 aliphatic heterocycles. The highest BCUT2D eigenvalue weighted by Gasteiger charge is 2.21. The van der Waals surface area contributed by atoms with Crippen LogP contribution in [0.1, 0.15) is 38.8 Å². The minimum atomic E-state index is -0.777. The molecule has 0 fully saturated rings. The van der Waals surface area contributed by atoms with E-state index >= 15 is 0 Å². The molecule has 0 amide bonds. The first-order valence-corrected chi connectivity index (χ1v) is 10.2. The lowest BCUT2D eigenvalue weighted by atomic mass is 9.96. The maximum Gasteiger partial charge on any atom is 0.513 e. The number of benzene rings is 3. The van der Waals surface area contributed by atoms with E-state index in [1.54, 1.807) is 13.8 Å². The summed E-state index contributed by atoms with van der Waals surface area (Å²) in [5.74, 6) is 0.764. The predicted octanol–water partition coefficient (Wildman–Crippen LogP) is 6.19. The van der Waals surface area contributed by atoms with Gasteiger partial charge in [-0.1, -0.05) is 38.1 Å². The smallest absolute Gasteiger partial charge is 0.434 e. The van der Waals surface area contributed by atoms with Crippen LogP contribution in [0.25, 0.3) is 21.5 Å². The standard InChI is InChI=1S/C24H26O6/c1-5-15-9-11-17-19(13-15)21(29-23(25)27-7-3)18-12-10-16(6-2)14-20(18)22(17)30-24(26)28-8-4/h9-14H,5-8H2,1-4H3. The molecular formula is C24H26O6. The van der Waals surface area contributed by atoms with Crippen molar-refractivity contribution in [2.45, 2.75) is 40.5 Å². The molecule has 0 N–H and O–H groups in total. The number of aryl methyl sites for hydroxylation is 2. The van der Waals surface area contributed by atoms with Gasteiger partial charge in [0.15, 0.2) is 0 Å². The van der Waals surface area contributed by atoms with Gasteiger partial charge in [-0.05, 0) is 49.9 Å². The summed E-state index contributed by atoms with van der Waals surface area (Å²) in [6, 6.07) is 11.6. The molecule has 158 valence electrons. The second-order valence-corrected chi connectivity index (χ2v) is 6.70. The number of carbonyl (C=O) groups is 2. The molecule has 6 heteroatoms. The lowest BCUT2D eigenvalue weighted by Gasteiger charge is -2.17. The zero-order chi connectivity index (χ0) is 21.7. The van der Waals surface area contributed by atoms with Crippen LogP contribution in [0.15, 0.2) is 36.4 Å². The largest absolute Gasteiger partial charge is 0.513 e. The van der Waals surface area contributed by atoms with Crippen molar-refractivity contribution in [1.29, 1.82) is 0 Å². The SMILES string of the molecule is CCOC(=O)Oc1c2ccc(CC)cc2c(OC(=O)OCC)c2ccc(CC)cc12. The van der Waals surface area contributed by atoms with Crippen LogP contribution < -0.4 is 9.47 Å². The molecule has 3 aromatic carbocycles. The topological polar surface area (TPSA) is 71.1 Å². The second-order valence-electron chi connectivity index (χ2n) is 6.70. The van der Waals surface area contributed by atoms with Gasteiger partial charge in [0.25, 0.3) is 0 Å². The van der Waals surface area contributed by atoms with Crippen LogP contribution in [0.4, 0.5) is 9.59 Å². The molecule has 0 aliphatic carbocycles. The molecule has 0 radical (unpaired) electrons. The number of hydrogen-bond acceptors (Lipinski definition) is 6. The molecule has 0 unspecified atom stereocenters. The van der Waals surface area contributed by atoms with Crippen molar-refractivity contribution in [3.8, 4) is 11.5 Å². The van der Waals surface area contributed by atoms with Crippen molar-refractivity contribution in [3.63, 3.8) is 0 Å². The summed E-state index contributed by atoms with van der Waals surface area (Å²) in [7, 11) is 0. The molecule has 0 saturated heterocycles. The summed E-state index contributed by atoms with van der Waals surface area (Å²) < 4.78 is 21.3. The van der Waals surface area contributed by atoms with Crippen LogP contribution in [-0.4, -0.2) is 25.5 Å². The van der Waals surface area contributed by atoms with E-state index in [9.17, 15) is 9.59 Å². The summed E-state index contributed by atoms with van der Waals surface area (Å²) in [5, 5.41) is 2.64. The summed E-state index contributed by atoms with van der Waals surface area (Å²) in [6.45, 7) is 7.93. The number of ether oxygens (including phenoxy) is 4. The maximum absolute atomic E-state index is 12.2. The highest BCUT2D eigenvalue weighted by atomic mass is 16.7. The Bertz CT molecular complexity index is 999. The molecule has 3 rings (SSSR count). The molecule has 30 heavy (non-hydrogen) atoms. The van der Waals surface area contributed by atoms with Gasteiger partial charge >= 0.3 is 12.3 Å². The zero-order valence-corrected chi connectivity index (χ0v) is 17.7. The molecule has 0 heterocycles. The Morgan fingerprint density at radius 1 is 0.633 bits per heavy atom. The third kappa shape index (κ3) is 4.32. The van der Waals surface area contributed by atoms with Gasteiger partial charge in [0, 0.05) is 21.5 Å². The molecule has 6 nitrogen and oxygen atoms in total. The monoisotopic (exact) mass is 410 g/mol. The zero-order valence-electron chi connectivity index (χ0n) is 17.7. The molecule has 0 aromatic heterocycles. The average molecular weight is 410 g/mol. The quantitative estimate of drug-likeness (QED) is 0.274. The van der Waals surface area contributed by atoms with Crippen LogP contribution in [0.3, 0.4) is 0 Å². The number of fused-ring (bicyclic) bond motifs is 2. The van der Waals surface area contributed by atoms with Crippen molar-refractivity contribution in [2.75, 3.05) is 13.2 Å². The van der Waals surface area contributed by atoms with Gasteiger partial charge in [-0.3, -0.25) is 0 Å². The van der Waals surface area contributed by atoms with E-state index in [1.807, 2.05) is 50.2 Å². The first-order valence-electron chi connectivity index (χ1n) is 10.2. The maximum atomic E-state index is 12.2. The van der Waals surface area contributed by atoms with E-state index in [4.69, 9.17) is 18.9 Å². The Morgan fingerprint density at radius 3 is 1.37 bits per heavy atom. The summed E-state index contributed by atoms with van der Waals surface area (Å²) in [5.41, 5.74) is 2.12. The fraction of sp³-hybridized carbons (Fsp3) is 0.333. The fourth-order valence-corrected chi connectivity index (χ4v) is 3.37. The van der Waals surface area contributed by atoms with E-state index < -0.39 is 12.3 Å². The minimum Gasteiger partial charge on any atom is -0.434 e.